The highest BCUT2D eigenvalue weighted by Crippen LogP contribution is 2.25. The van der Waals surface area contributed by atoms with Gasteiger partial charge >= 0.3 is 0 Å². The number of aliphatic hydroxyl groups excluding tert-OH is 1. The molecule has 1 atom stereocenters. The van der Waals surface area contributed by atoms with Gasteiger partial charge in [0.25, 0.3) is 5.69 Å². The van der Waals surface area contributed by atoms with E-state index in [9.17, 15) is 10.1 Å². The van der Waals surface area contributed by atoms with Gasteiger partial charge in [0, 0.05) is 18.7 Å². The second kappa shape index (κ2) is 6.68. The third-order valence-corrected chi connectivity index (χ3v) is 3.19. The Morgan fingerprint density at radius 1 is 1.59 bits per heavy atom. The number of hydrogen-bond donors (Lipinski definition) is 2. The molecule has 0 radical (unpaired) electrons. The zero-order valence-electron chi connectivity index (χ0n) is 9.52. The minimum absolute atomic E-state index is 0.0257. The van der Waals surface area contributed by atoms with Crippen molar-refractivity contribution < 1.29 is 10.0 Å². The summed E-state index contributed by atoms with van der Waals surface area (Å²) in [5.41, 5.74) is 0.883. The summed E-state index contributed by atoms with van der Waals surface area (Å²) >= 11 is 3.14. The lowest BCUT2D eigenvalue weighted by Crippen LogP contribution is -2.31. The lowest BCUT2D eigenvalue weighted by molar-refractivity contribution is -0.385. The van der Waals surface area contributed by atoms with Crippen LogP contribution in [0.4, 0.5) is 5.69 Å². The maximum absolute atomic E-state index is 10.7. The number of nitro benzene ring substituents is 1. The number of nitrogens with one attached hydrogen (secondary N) is 1. The van der Waals surface area contributed by atoms with Crippen molar-refractivity contribution in [3.63, 3.8) is 0 Å². The smallest absolute Gasteiger partial charge is 0.283 e. The summed E-state index contributed by atoms with van der Waals surface area (Å²) in [5.74, 6) is 0. The van der Waals surface area contributed by atoms with Gasteiger partial charge in [0.1, 0.15) is 0 Å². The molecule has 0 bridgehead atoms. The van der Waals surface area contributed by atoms with E-state index in [-0.39, 0.29) is 18.3 Å². The van der Waals surface area contributed by atoms with E-state index in [1.807, 2.05) is 13.0 Å². The summed E-state index contributed by atoms with van der Waals surface area (Å²) in [7, 11) is 0. The van der Waals surface area contributed by atoms with E-state index in [1.165, 1.54) is 6.07 Å². The van der Waals surface area contributed by atoms with Gasteiger partial charge in [0.15, 0.2) is 0 Å². The maximum Gasteiger partial charge on any atom is 0.283 e. The third kappa shape index (κ3) is 4.07. The topological polar surface area (TPSA) is 75.4 Å². The van der Waals surface area contributed by atoms with E-state index in [1.54, 1.807) is 6.07 Å². The summed E-state index contributed by atoms with van der Waals surface area (Å²) in [5, 5.41) is 22.9. The fourth-order valence-electron chi connectivity index (χ4n) is 1.41. The van der Waals surface area contributed by atoms with Crippen LogP contribution in [0.5, 0.6) is 0 Å². The van der Waals surface area contributed by atoms with E-state index in [0.717, 1.165) is 12.0 Å². The van der Waals surface area contributed by atoms with E-state index >= 15 is 0 Å². The van der Waals surface area contributed by atoms with Gasteiger partial charge in [-0.2, -0.15) is 0 Å². The van der Waals surface area contributed by atoms with Gasteiger partial charge in [-0.05, 0) is 34.0 Å². The highest BCUT2D eigenvalue weighted by Gasteiger charge is 2.12. The number of nitrogens with zero attached hydrogens (tertiary/aromatic N) is 1. The number of nitro groups is 1. The van der Waals surface area contributed by atoms with E-state index in [4.69, 9.17) is 5.11 Å². The van der Waals surface area contributed by atoms with Gasteiger partial charge in [0.2, 0.25) is 0 Å². The lowest BCUT2D eigenvalue weighted by Gasteiger charge is -2.13. The van der Waals surface area contributed by atoms with Gasteiger partial charge in [-0.3, -0.25) is 10.1 Å². The van der Waals surface area contributed by atoms with Crippen LogP contribution < -0.4 is 5.32 Å². The predicted molar refractivity (Wildman–Crippen MR) is 68.8 cm³/mol. The second-order valence-electron chi connectivity index (χ2n) is 3.71. The first-order valence-corrected chi connectivity index (χ1v) is 6.14. The van der Waals surface area contributed by atoms with E-state index in [2.05, 4.69) is 21.2 Å². The van der Waals surface area contributed by atoms with Crippen molar-refractivity contribution in [3.8, 4) is 0 Å². The fraction of sp³-hybridized carbons (Fsp3) is 0.455. The molecule has 0 amide bonds. The normalized spacial score (nSPS) is 12.4. The Kier molecular flexibility index (Phi) is 5.54. The minimum Gasteiger partial charge on any atom is -0.395 e. The van der Waals surface area contributed by atoms with Crippen LogP contribution in [0.15, 0.2) is 22.7 Å². The summed E-state index contributed by atoms with van der Waals surface area (Å²) < 4.78 is 0.473. The number of benzene rings is 1. The monoisotopic (exact) mass is 302 g/mol. The van der Waals surface area contributed by atoms with Crippen LogP contribution in [0.3, 0.4) is 0 Å². The Morgan fingerprint density at radius 2 is 2.29 bits per heavy atom. The van der Waals surface area contributed by atoms with Crippen LogP contribution in [0.2, 0.25) is 0 Å². The summed E-state index contributed by atoms with van der Waals surface area (Å²) in [6, 6.07) is 5.03. The first kappa shape index (κ1) is 14.1. The van der Waals surface area contributed by atoms with Crippen molar-refractivity contribution in [1.82, 2.24) is 5.32 Å². The molecule has 0 saturated carbocycles. The summed E-state index contributed by atoms with van der Waals surface area (Å²) in [6.07, 6.45) is 0.815. The van der Waals surface area contributed by atoms with Crippen LogP contribution in [0, 0.1) is 10.1 Å². The molecule has 0 unspecified atom stereocenters. The van der Waals surface area contributed by atoms with Crippen LogP contribution in [-0.4, -0.2) is 22.7 Å². The zero-order valence-corrected chi connectivity index (χ0v) is 11.1. The van der Waals surface area contributed by atoms with Crippen LogP contribution >= 0.6 is 15.9 Å². The van der Waals surface area contributed by atoms with Crippen molar-refractivity contribution in [1.29, 1.82) is 0 Å². The predicted octanol–water partition coefficient (Wildman–Crippen LogP) is 2.22. The van der Waals surface area contributed by atoms with E-state index in [0.29, 0.717) is 11.0 Å². The largest absolute Gasteiger partial charge is 0.395 e. The zero-order chi connectivity index (χ0) is 12.8. The maximum atomic E-state index is 10.7. The second-order valence-corrected chi connectivity index (χ2v) is 4.57. The van der Waals surface area contributed by atoms with Crippen molar-refractivity contribution in [2.75, 3.05) is 6.61 Å². The number of halogens is 1. The molecule has 5 nitrogen and oxygen atoms in total. The Hall–Kier alpha value is -0.980. The molecular formula is C11H15BrN2O3. The highest BCUT2D eigenvalue weighted by molar-refractivity contribution is 9.10. The molecule has 0 aliphatic carbocycles. The molecule has 0 spiro atoms. The molecule has 0 aromatic heterocycles. The van der Waals surface area contributed by atoms with Gasteiger partial charge in [0.05, 0.1) is 16.0 Å². The van der Waals surface area contributed by atoms with Crippen molar-refractivity contribution in [2.24, 2.45) is 0 Å². The molecule has 1 aromatic rings. The SMILES string of the molecule is CC[C@H](CO)NCc1ccc(Br)c([N+](=O)[O-])c1. The first-order valence-electron chi connectivity index (χ1n) is 5.35. The Morgan fingerprint density at radius 3 is 2.82 bits per heavy atom. The first-order chi connectivity index (χ1) is 8.08. The number of aliphatic hydroxyl groups is 1. The average Bonchev–Trinajstić information content (AvgIpc) is 2.32. The number of rotatable bonds is 6. The molecule has 0 aliphatic rings. The van der Waals surface area contributed by atoms with E-state index < -0.39 is 4.92 Å². The highest BCUT2D eigenvalue weighted by atomic mass is 79.9. The van der Waals surface area contributed by atoms with Crippen molar-refractivity contribution >= 4 is 21.6 Å². The molecule has 94 valence electrons. The van der Waals surface area contributed by atoms with Crippen LogP contribution in [0.25, 0.3) is 0 Å². The molecular weight excluding hydrogens is 288 g/mol. The standard InChI is InChI=1S/C11H15BrN2O3/c1-2-9(7-15)13-6-8-3-4-10(12)11(5-8)14(16)17/h3-5,9,13,15H,2,6-7H2,1H3/t9-/m1/s1. The van der Waals surface area contributed by atoms with Crippen LogP contribution in [0.1, 0.15) is 18.9 Å². The summed E-state index contributed by atoms with van der Waals surface area (Å²) in [6.45, 7) is 2.54. The van der Waals surface area contributed by atoms with Crippen molar-refractivity contribution in [2.45, 2.75) is 25.9 Å². The third-order valence-electron chi connectivity index (χ3n) is 2.52. The Bertz CT molecular complexity index is 394. The molecule has 0 heterocycles. The van der Waals surface area contributed by atoms with Crippen LogP contribution in [-0.2, 0) is 6.54 Å². The number of hydrogen-bond acceptors (Lipinski definition) is 4. The molecule has 2 N–H and O–H groups in total. The molecule has 1 rings (SSSR count). The Balaban J connectivity index is 2.72. The molecule has 6 heteroatoms. The van der Waals surface area contributed by atoms with Crippen molar-refractivity contribution in [3.05, 3.63) is 38.3 Å². The Labute approximate surface area is 108 Å². The van der Waals surface area contributed by atoms with Gasteiger partial charge in [-0.25, -0.2) is 0 Å². The quantitative estimate of drug-likeness (QED) is 0.624. The van der Waals surface area contributed by atoms with Gasteiger partial charge in [-0.15, -0.1) is 0 Å². The molecule has 0 saturated heterocycles. The summed E-state index contributed by atoms with van der Waals surface area (Å²) in [4.78, 5) is 10.3. The average molecular weight is 303 g/mol. The molecule has 0 fully saturated rings. The minimum atomic E-state index is -0.420. The molecule has 17 heavy (non-hydrogen) atoms. The lowest BCUT2D eigenvalue weighted by atomic mass is 10.1. The fourth-order valence-corrected chi connectivity index (χ4v) is 1.80. The molecule has 0 aliphatic heterocycles. The van der Waals surface area contributed by atoms with Gasteiger partial charge in [-0.1, -0.05) is 13.0 Å². The van der Waals surface area contributed by atoms with Gasteiger partial charge < -0.3 is 10.4 Å². The molecule has 1 aromatic carbocycles.